The lowest BCUT2D eigenvalue weighted by atomic mass is 10.0. The van der Waals surface area contributed by atoms with Gasteiger partial charge in [-0.25, -0.2) is 9.59 Å². The molecule has 0 aromatic heterocycles. The van der Waals surface area contributed by atoms with Gasteiger partial charge in [-0.2, -0.15) is 0 Å². The first-order valence-electron chi connectivity index (χ1n) is 8.18. The van der Waals surface area contributed by atoms with Gasteiger partial charge < -0.3 is 24.6 Å². The highest BCUT2D eigenvalue weighted by molar-refractivity contribution is 5.76. The lowest BCUT2D eigenvalue weighted by Gasteiger charge is -2.29. The highest BCUT2D eigenvalue weighted by atomic mass is 16.7. The van der Waals surface area contributed by atoms with Crippen LogP contribution in [-0.2, 0) is 19.0 Å². The number of hydrogen-bond donors (Lipinski definition) is 2. The molecule has 0 radical (unpaired) electrons. The highest BCUT2D eigenvalue weighted by Gasteiger charge is 2.34. The minimum Gasteiger partial charge on any atom is -0.479 e. The van der Waals surface area contributed by atoms with E-state index in [1.54, 1.807) is 65.0 Å². The van der Waals surface area contributed by atoms with Gasteiger partial charge in [-0.05, 0) is 40.2 Å². The number of carboxylic acids is 1. The molecule has 0 saturated heterocycles. The van der Waals surface area contributed by atoms with Gasteiger partial charge in [0.2, 0.25) is 0 Å². The molecule has 0 aliphatic rings. The van der Waals surface area contributed by atoms with Crippen LogP contribution >= 0.6 is 0 Å². The Balaban J connectivity index is 3.06. The number of hydrogen-bond acceptors (Lipinski definition) is 5. The summed E-state index contributed by atoms with van der Waals surface area (Å²) in [6.45, 7) is 8.95. The molecule has 0 aliphatic heterocycles. The summed E-state index contributed by atoms with van der Waals surface area (Å²) in [6, 6.07) is 7.80. The second kappa shape index (κ2) is 9.39. The van der Waals surface area contributed by atoms with Crippen molar-refractivity contribution in [3.63, 3.8) is 0 Å². The van der Waals surface area contributed by atoms with Crippen LogP contribution in [0.2, 0.25) is 0 Å². The normalized spacial score (nSPS) is 15.1. The summed E-state index contributed by atoms with van der Waals surface area (Å²) in [5.74, 6) is -1.21. The molecule has 1 rings (SSSR count). The standard InChI is InChI=1S/C18H27NO6/c1-6-23-12(2)24-15(16(20)21)14(13-10-8-7-9-11-13)19-17(22)25-18(3,4)5/h7-12,14-15H,6H2,1-5H3,(H,19,22)(H,20,21). The zero-order chi connectivity index (χ0) is 19.0. The Hall–Kier alpha value is -2.12. The molecular formula is C18H27NO6. The number of amides is 1. The number of benzene rings is 1. The number of carboxylic acid groups (broad SMARTS) is 1. The predicted octanol–water partition coefficient (Wildman–Crippen LogP) is 3.10. The monoisotopic (exact) mass is 353 g/mol. The van der Waals surface area contributed by atoms with Crippen LogP contribution in [0.15, 0.2) is 30.3 Å². The van der Waals surface area contributed by atoms with Crippen LogP contribution in [0.1, 0.15) is 46.2 Å². The summed E-state index contributed by atoms with van der Waals surface area (Å²) in [7, 11) is 0. The molecule has 1 amide bonds. The van der Waals surface area contributed by atoms with Gasteiger partial charge >= 0.3 is 12.1 Å². The van der Waals surface area contributed by atoms with Crippen LogP contribution in [-0.4, -0.2) is 41.8 Å². The average molecular weight is 353 g/mol. The molecule has 0 aliphatic carbocycles. The van der Waals surface area contributed by atoms with Gasteiger partial charge in [-0.15, -0.1) is 0 Å². The molecule has 2 N–H and O–H groups in total. The van der Waals surface area contributed by atoms with Gasteiger partial charge in [0.05, 0.1) is 6.04 Å². The third-order valence-electron chi connectivity index (χ3n) is 3.12. The van der Waals surface area contributed by atoms with Crippen LogP contribution in [0.4, 0.5) is 4.79 Å². The van der Waals surface area contributed by atoms with Crippen LogP contribution in [0.25, 0.3) is 0 Å². The Kier molecular flexibility index (Phi) is 7.86. The third-order valence-corrected chi connectivity index (χ3v) is 3.12. The molecule has 3 unspecified atom stereocenters. The molecule has 7 heteroatoms. The van der Waals surface area contributed by atoms with Crippen LogP contribution in [0.5, 0.6) is 0 Å². The van der Waals surface area contributed by atoms with Crippen molar-refractivity contribution in [1.29, 1.82) is 0 Å². The summed E-state index contributed by atoms with van der Waals surface area (Å²) in [5.41, 5.74) is -0.117. The lowest BCUT2D eigenvalue weighted by Crippen LogP contribution is -2.45. The van der Waals surface area contributed by atoms with Crippen molar-refractivity contribution >= 4 is 12.1 Å². The molecule has 0 saturated carbocycles. The van der Waals surface area contributed by atoms with Crippen molar-refractivity contribution < 1.29 is 28.9 Å². The SMILES string of the molecule is CCOC(C)OC(C(=O)O)C(NC(=O)OC(C)(C)C)c1ccccc1. The highest BCUT2D eigenvalue weighted by Crippen LogP contribution is 2.22. The van der Waals surface area contributed by atoms with E-state index in [0.29, 0.717) is 12.2 Å². The van der Waals surface area contributed by atoms with E-state index in [-0.39, 0.29) is 0 Å². The Morgan fingerprint density at radius 3 is 2.28 bits per heavy atom. The number of ether oxygens (including phenoxy) is 3. The molecule has 1 aromatic carbocycles. The molecule has 0 spiro atoms. The maximum Gasteiger partial charge on any atom is 0.408 e. The van der Waals surface area contributed by atoms with E-state index in [0.717, 1.165) is 0 Å². The zero-order valence-electron chi connectivity index (χ0n) is 15.3. The smallest absolute Gasteiger partial charge is 0.408 e. The van der Waals surface area contributed by atoms with Crippen molar-refractivity contribution in [3.8, 4) is 0 Å². The van der Waals surface area contributed by atoms with Gasteiger partial charge in [0.25, 0.3) is 0 Å². The van der Waals surface area contributed by atoms with Gasteiger partial charge in [0, 0.05) is 6.61 Å². The van der Waals surface area contributed by atoms with E-state index < -0.39 is 36.1 Å². The maximum atomic E-state index is 12.2. The van der Waals surface area contributed by atoms with Crippen molar-refractivity contribution in [3.05, 3.63) is 35.9 Å². The molecule has 3 atom stereocenters. The Morgan fingerprint density at radius 2 is 1.80 bits per heavy atom. The first-order valence-corrected chi connectivity index (χ1v) is 8.18. The van der Waals surface area contributed by atoms with Gasteiger partial charge in [0.15, 0.2) is 12.4 Å². The van der Waals surface area contributed by atoms with Crippen LogP contribution < -0.4 is 5.32 Å². The molecule has 1 aromatic rings. The first-order chi connectivity index (χ1) is 11.6. The molecular weight excluding hydrogens is 326 g/mol. The van der Waals surface area contributed by atoms with Crippen LogP contribution in [0.3, 0.4) is 0 Å². The molecule has 140 valence electrons. The van der Waals surface area contributed by atoms with Crippen molar-refractivity contribution in [2.75, 3.05) is 6.61 Å². The van der Waals surface area contributed by atoms with Crippen molar-refractivity contribution in [1.82, 2.24) is 5.32 Å². The number of carbonyl (C=O) groups is 2. The summed E-state index contributed by atoms with van der Waals surface area (Å²) in [5, 5.41) is 12.2. The maximum absolute atomic E-state index is 12.2. The summed E-state index contributed by atoms with van der Waals surface area (Å²) in [4.78, 5) is 23.9. The minimum absolute atomic E-state index is 0.378. The number of nitrogens with one attached hydrogen (secondary N) is 1. The van der Waals surface area contributed by atoms with Crippen molar-refractivity contribution in [2.45, 2.75) is 58.7 Å². The fraction of sp³-hybridized carbons (Fsp3) is 0.556. The number of rotatable bonds is 8. The topological polar surface area (TPSA) is 94.1 Å². The Bertz CT molecular complexity index is 554. The fourth-order valence-electron chi connectivity index (χ4n) is 2.19. The zero-order valence-corrected chi connectivity index (χ0v) is 15.3. The number of aliphatic carboxylic acids is 1. The van der Waals surface area contributed by atoms with E-state index in [1.807, 2.05) is 0 Å². The predicted molar refractivity (Wildman–Crippen MR) is 92.1 cm³/mol. The van der Waals surface area contributed by atoms with E-state index in [4.69, 9.17) is 14.2 Å². The average Bonchev–Trinajstić information content (AvgIpc) is 2.50. The van der Waals surface area contributed by atoms with Crippen LogP contribution in [0, 0.1) is 0 Å². The lowest BCUT2D eigenvalue weighted by molar-refractivity contribution is -0.187. The molecule has 7 nitrogen and oxygen atoms in total. The quantitative estimate of drug-likeness (QED) is 0.698. The molecule has 0 heterocycles. The third kappa shape index (κ3) is 7.53. The van der Waals surface area contributed by atoms with Gasteiger partial charge in [0.1, 0.15) is 5.60 Å². The second-order valence-corrected chi connectivity index (χ2v) is 6.45. The van der Waals surface area contributed by atoms with E-state index >= 15 is 0 Å². The molecule has 0 fully saturated rings. The largest absolute Gasteiger partial charge is 0.479 e. The Morgan fingerprint density at radius 1 is 1.20 bits per heavy atom. The summed E-state index contributed by atoms with van der Waals surface area (Å²) >= 11 is 0. The van der Waals surface area contributed by atoms with Gasteiger partial charge in [-0.1, -0.05) is 30.3 Å². The molecule has 0 bridgehead atoms. The number of alkyl carbamates (subject to hydrolysis) is 1. The number of carbonyl (C=O) groups excluding carboxylic acids is 1. The second-order valence-electron chi connectivity index (χ2n) is 6.45. The fourth-order valence-corrected chi connectivity index (χ4v) is 2.19. The Labute approximate surface area is 148 Å². The van der Waals surface area contributed by atoms with Crippen molar-refractivity contribution in [2.24, 2.45) is 0 Å². The minimum atomic E-state index is -1.34. The molecule has 25 heavy (non-hydrogen) atoms. The van der Waals surface area contributed by atoms with E-state index in [1.165, 1.54) is 0 Å². The van der Waals surface area contributed by atoms with Gasteiger partial charge in [-0.3, -0.25) is 0 Å². The summed E-state index contributed by atoms with van der Waals surface area (Å²) in [6.07, 6.45) is -2.80. The van der Waals surface area contributed by atoms with E-state index in [9.17, 15) is 14.7 Å². The summed E-state index contributed by atoms with van der Waals surface area (Å²) < 4.78 is 16.0. The first kappa shape index (κ1) is 20.9. The van der Waals surface area contributed by atoms with E-state index in [2.05, 4.69) is 5.32 Å².